The lowest BCUT2D eigenvalue weighted by Gasteiger charge is -2.09. The molecule has 2 aromatic rings. The third-order valence-electron chi connectivity index (χ3n) is 2.70. The Morgan fingerprint density at radius 2 is 1.89 bits per heavy atom. The molecule has 0 aromatic heterocycles. The lowest BCUT2D eigenvalue weighted by molar-refractivity contribution is 1.14. The number of rotatable bonds is 3. The topological polar surface area (TPSA) is 85.6 Å². The first kappa shape index (κ1) is 12.5. The minimum absolute atomic E-state index is 0.511. The monoisotopic (exact) mass is 248 g/mol. The fourth-order valence-electron chi connectivity index (χ4n) is 1.76. The zero-order chi connectivity index (χ0) is 13.7. The predicted octanol–water partition coefficient (Wildman–Crippen LogP) is 2.62. The van der Waals surface area contributed by atoms with Crippen molar-refractivity contribution >= 4 is 11.4 Å². The first-order valence-corrected chi connectivity index (χ1v) is 5.75. The Balaban J connectivity index is 2.15. The molecule has 0 bridgehead atoms. The number of nitrogens with zero attached hydrogens (tertiary/aromatic N) is 2. The standard InChI is InChI=1S/C15H12N4/c16-8-11-2-1-3-12(6-11)10-19-15-5-4-14(18)7-13(15)9-17/h1-7,19H,10,18H2. The zero-order valence-corrected chi connectivity index (χ0v) is 10.2. The van der Waals surface area contributed by atoms with E-state index in [1.165, 1.54) is 0 Å². The van der Waals surface area contributed by atoms with Gasteiger partial charge in [-0.2, -0.15) is 10.5 Å². The number of hydrogen-bond donors (Lipinski definition) is 2. The van der Waals surface area contributed by atoms with Crippen LogP contribution in [0.3, 0.4) is 0 Å². The van der Waals surface area contributed by atoms with Gasteiger partial charge >= 0.3 is 0 Å². The molecule has 92 valence electrons. The zero-order valence-electron chi connectivity index (χ0n) is 10.2. The minimum Gasteiger partial charge on any atom is -0.399 e. The highest BCUT2D eigenvalue weighted by Crippen LogP contribution is 2.18. The molecule has 0 aliphatic heterocycles. The summed E-state index contributed by atoms with van der Waals surface area (Å²) in [6.07, 6.45) is 0. The van der Waals surface area contributed by atoms with Crippen LogP contribution in [0, 0.1) is 22.7 Å². The maximum Gasteiger partial charge on any atom is 0.101 e. The first-order chi connectivity index (χ1) is 9.22. The normalized spacial score (nSPS) is 9.37. The molecule has 4 nitrogen and oxygen atoms in total. The lowest BCUT2D eigenvalue weighted by atomic mass is 10.1. The van der Waals surface area contributed by atoms with Gasteiger partial charge in [-0.05, 0) is 35.9 Å². The molecule has 0 saturated carbocycles. The van der Waals surface area contributed by atoms with E-state index in [4.69, 9.17) is 16.3 Å². The van der Waals surface area contributed by atoms with E-state index in [0.29, 0.717) is 23.4 Å². The number of nitrogens with two attached hydrogens (primary N) is 1. The summed E-state index contributed by atoms with van der Waals surface area (Å²) in [7, 11) is 0. The van der Waals surface area contributed by atoms with Crippen molar-refractivity contribution in [3.8, 4) is 12.1 Å². The maximum atomic E-state index is 9.03. The molecule has 0 unspecified atom stereocenters. The Kier molecular flexibility index (Phi) is 3.66. The highest BCUT2D eigenvalue weighted by molar-refractivity contribution is 5.63. The molecule has 0 spiro atoms. The van der Waals surface area contributed by atoms with Gasteiger partial charge in [0.2, 0.25) is 0 Å². The van der Waals surface area contributed by atoms with Crippen LogP contribution >= 0.6 is 0 Å². The van der Waals surface area contributed by atoms with E-state index in [-0.39, 0.29) is 0 Å². The van der Waals surface area contributed by atoms with Crippen LogP contribution in [0.4, 0.5) is 11.4 Å². The van der Waals surface area contributed by atoms with Crippen molar-refractivity contribution in [2.45, 2.75) is 6.54 Å². The summed E-state index contributed by atoms with van der Waals surface area (Å²) in [5.41, 5.74) is 9.05. The summed E-state index contributed by atoms with van der Waals surface area (Å²) in [5, 5.41) is 21.0. The summed E-state index contributed by atoms with van der Waals surface area (Å²) in [4.78, 5) is 0. The SMILES string of the molecule is N#Cc1cccc(CNc2ccc(N)cc2C#N)c1. The largest absolute Gasteiger partial charge is 0.399 e. The summed E-state index contributed by atoms with van der Waals surface area (Å²) in [6.45, 7) is 0.550. The number of anilines is 2. The van der Waals surface area contributed by atoms with Gasteiger partial charge in [-0.15, -0.1) is 0 Å². The van der Waals surface area contributed by atoms with Gasteiger partial charge in [0.25, 0.3) is 0 Å². The Hall–Kier alpha value is -2.98. The molecule has 0 saturated heterocycles. The molecule has 0 aliphatic rings. The number of nitrogens with one attached hydrogen (secondary N) is 1. The number of nitrogen functional groups attached to an aromatic ring is 1. The van der Waals surface area contributed by atoms with Crippen LogP contribution in [0.15, 0.2) is 42.5 Å². The Morgan fingerprint density at radius 3 is 2.63 bits per heavy atom. The van der Waals surface area contributed by atoms with Crippen molar-refractivity contribution in [1.82, 2.24) is 0 Å². The van der Waals surface area contributed by atoms with Crippen molar-refractivity contribution < 1.29 is 0 Å². The lowest BCUT2D eigenvalue weighted by Crippen LogP contribution is -2.02. The van der Waals surface area contributed by atoms with Crippen LogP contribution in [-0.2, 0) is 6.54 Å². The van der Waals surface area contributed by atoms with Crippen molar-refractivity contribution in [3.63, 3.8) is 0 Å². The third kappa shape index (κ3) is 3.02. The van der Waals surface area contributed by atoms with Crippen molar-refractivity contribution in [3.05, 3.63) is 59.2 Å². The third-order valence-corrected chi connectivity index (χ3v) is 2.70. The van der Waals surface area contributed by atoms with Gasteiger partial charge < -0.3 is 11.1 Å². The molecule has 0 radical (unpaired) electrons. The number of nitriles is 2. The van der Waals surface area contributed by atoms with E-state index >= 15 is 0 Å². The van der Waals surface area contributed by atoms with Crippen LogP contribution in [0.2, 0.25) is 0 Å². The molecular weight excluding hydrogens is 236 g/mol. The van der Waals surface area contributed by atoms with Gasteiger partial charge in [0.15, 0.2) is 0 Å². The van der Waals surface area contributed by atoms with Gasteiger partial charge in [0, 0.05) is 12.2 Å². The van der Waals surface area contributed by atoms with Gasteiger partial charge in [0.05, 0.1) is 22.9 Å². The van der Waals surface area contributed by atoms with Crippen molar-refractivity contribution in [1.29, 1.82) is 10.5 Å². The van der Waals surface area contributed by atoms with Crippen LogP contribution < -0.4 is 11.1 Å². The van der Waals surface area contributed by atoms with Gasteiger partial charge in [-0.3, -0.25) is 0 Å². The number of benzene rings is 2. The van der Waals surface area contributed by atoms with Crippen LogP contribution in [-0.4, -0.2) is 0 Å². The molecule has 3 N–H and O–H groups in total. The fourth-order valence-corrected chi connectivity index (χ4v) is 1.76. The van der Waals surface area contributed by atoms with E-state index in [2.05, 4.69) is 17.5 Å². The van der Waals surface area contributed by atoms with E-state index in [9.17, 15) is 0 Å². The van der Waals surface area contributed by atoms with Crippen LogP contribution in [0.5, 0.6) is 0 Å². The molecule has 0 amide bonds. The van der Waals surface area contributed by atoms with Gasteiger partial charge in [0.1, 0.15) is 6.07 Å². The second kappa shape index (κ2) is 5.57. The minimum atomic E-state index is 0.511. The summed E-state index contributed by atoms with van der Waals surface area (Å²) in [6, 6.07) is 16.7. The molecule has 4 heteroatoms. The number of hydrogen-bond acceptors (Lipinski definition) is 4. The quantitative estimate of drug-likeness (QED) is 0.817. The van der Waals surface area contributed by atoms with Gasteiger partial charge in [-0.1, -0.05) is 12.1 Å². The van der Waals surface area contributed by atoms with Gasteiger partial charge in [-0.25, -0.2) is 0 Å². The van der Waals surface area contributed by atoms with Crippen molar-refractivity contribution in [2.75, 3.05) is 11.1 Å². The Morgan fingerprint density at radius 1 is 1.05 bits per heavy atom. The molecular formula is C15H12N4. The highest BCUT2D eigenvalue weighted by Gasteiger charge is 2.02. The highest BCUT2D eigenvalue weighted by atomic mass is 14.9. The second-order valence-corrected chi connectivity index (χ2v) is 4.08. The molecule has 0 aliphatic carbocycles. The average Bonchev–Trinajstić information content (AvgIpc) is 2.46. The van der Waals surface area contributed by atoms with Crippen molar-refractivity contribution in [2.24, 2.45) is 0 Å². The molecule has 2 aromatic carbocycles. The molecule has 19 heavy (non-hydrogen) atoms. The average molecular weight is 248 g/mol. The van der Waals surface area contributed by atoms with E-state index in [1.54, 1.807) is 24.3 Å². The predicted molar refractivity (Wildman–Crippen MR) is 74.1 cm³/mol. The first-order valence-electron chi connectivity index (χ1n) is 5.75. The summed E-state index contributed by atoms with van der Waals surface area (Å²) < 4.78 is 0. The van der Waals surface area contributed by atoms with E-state index in [0.717, 1.165) is 11.3 Å². The second-order valence-electron chi connectivity index (χ2n) is 4.08. The summed E-state index contributed by atoms with van der Waals surface area (Å²) >= 11 is 0. The summed E-state index contributed by atoms with van der Waals surface area (Å²) in [5.74, 6) is 0. The van der Waals surface area contributed by atoms with E-state index in [1.807, 2.05) is 18.2 Å². The molecule has 0 atom stereocenters. The van der Waals surface area contributed by atoms with E-state index < -0.39 is 0 Å². The molecule has 0 fully saturated rings. The molecule has 0 heterocycles. The Labute approximate surface area is 111 Å². The maximum absolute atomic E-state index is 9.03. The van der Waals surface area contributed by atoms with Crippen LogP contribution in [0.25, 0.3) is 0 Å². The van der Waals surface area contributed by atoms with Crippen LogP contribution in [0.1, 0.15) is 16.7 Å². The fraction of sp³-hybridized carbons (Fsp3) is 0.0667. The molecule has 2 rings (SSSR count). The smallest absolute Gasteiger partial charge is 0.101 e. The Bertz CT molecular complexity index is 677.